The summed E-state index contributed by atoms with van der Waals surface area (Å²) < 4.78 is 6.08. The maximum atomic E-state index is 11.2. The van der Waals surface area contributed by atoms with Crippen LogP contribution in [-0.2, 0) is 6.54 Å². The van der Waals surface area contributed by atoms with Crippen molar-refractivity contribution < 1.29 is 14.6 Å². The zero-order valence-corrected chi connectivity index (χ0v) is 18.4. The molecule has 5 rings (SSSR count). The quantitative estimate of drug-likeness (QED) is 0.411. The van der Waals surface area contributed by atoms with E-state index < -0.39 is 5.97 Å². The summed E-state index contributed by atoms with van der Waals surface area (Å²) in [6, 6.07) is 23.4. The van der Waals surface area contributed by atoms with Gasteiger partial charge >= 0.3 is 5.97 Å². The number of aromatic nitrogens is 2. The van der Waals surface area contributed by atoms with Crippen molar-refractivity contribution in [2.45, 2.75) is 19.4 Å². The van der Waals surface area contributed by atoms with Crippen LogP contribution in [0.15, 0.2) is 72.8 Å². The fraction of sp³-hybridized carbons (Fsp3) is 0.259. The van der Waals surface area contributed by atoms with Crippen LogP contribution in [0.2, 0.25) is 0 Å². The SMILES string of the molecule is O=C(O)c1ccc2nc(-c3ccc(OCC4CCN(Cc5ccccc5)CC4)cc3)[nH]c2c1. The van der Waals surface area contributed by atoms with Gasteiger partial charge in [-0.25, -0.2) is 9.78 Å². The van der Waals surface area contributed by atoms with Crippen molar-refractivity contribution in [3.8, 4) is 17.1 Å². The lowest BCUT2D eigenvalue weighted by molar-refractivity contribution is 0.0697. The van der Waals surface area contributed by atoms with Crippen LogP contribution in [0.4, 0.5) is 0 Å². The highest BCUT2D eigenvalue weighted by molar-refractivity contribution is 5.93. The largest absolute Gasteiger partial charge is 0.493 e. The number of rotatable bonds is 7. The molecule has 1 saturated heterocycles. The number of benzene rings is 3. The van der Waals surface area contributed by atoms with Crippen molar-refractivity contribution >= 4 is 17.0 Å². The van der Waals surface area contributed by atoms with E-state index in [0.29, 0.717) is 17.3 Å². The maximum absolute atomic E-state index is 11.2. The predicted octanol–water partition coefficient (Wildman–Crippen LogP) is 5.22. The number of piperidine rings is 1. The van der Waals surface area contributed by atoms with Gasteiger partial charge in [0.25, 0.3) is 0 Å². The zero-order valence-electron chi connectivity index (χ0n) is 18.4. The number of hydrogen-bond acceptors (Lipinski definition) is 4. The van der Waals surface area contributed by atoms with Crippen molar-refractivity contribution in [1.29, 1.82) is 0 Å². The number of nitrogens with zero attached hydrogens (tertiary/aromatic N) is 2. The summed E-state index contributed by atoms with van der Waals surface area (Å²) in [5.74, 6) is 1.20. The van der Waals surface area contributed by atoms with Gasteiger partial charge in [0.2, 0.25) is 0 Å². The van der Waals surface area contributed by atoms with E-state index in [2.05, 4.69) is 45.2 Å². The van der Waals surface area contributed by atoms with E-state index in [-0.39, 0.29) is 5.56 Å². The maximum Gasteiger partial charge on any atom is 0.335 e. The molecular formula is C27H27N3O3. The van der Waals surface area contributed by atoms with E-state index in [0.717, 1.165) is 55.9 Å². The molecule has 0 atom stereocenters. The molecule has 0 amide bonds. The number of carbonyl (C=O) groups is 1. The van der Waals surface area contributed by atoms with Gasteiger partial charge in [0, 0.05) is 12.1 Å². The molecule has 6 heteroatoms. The highest BCUT2D eigenvalue weighted by Gasteiger charge is 2.20. The minimum absolute atomic E-state index is 0.243. The average Bonchev–Trinajstić information content (AvgIpc) is 3.28. The number of carboxylic acids is 1. The Balaban J connectivity index is 1.14. The minimum atomic E-state index is -0.948. The second-order valence-corrected chi connectivity index (χ2v) is 8.66. The lowest BCUT2D eigenvalue weighted by Crippen LogP contribution is -2.35. The number of carboxylic acid groups (broad SMARTS) is 1. The molecule has 1 aromatic heterocycles. The summed E-state index contributed by atoms with van der Waals surface area (Å²) in [6.45, 7) is 3.98. The Bertz CT molecular complexity index is 1230. The molecule has 1 fully saturated rings. The van der Waals surface area contributed by atoms with Crippen LogP contribution >= 0.6 is 0 Å². The molecule has 1 aliphatic rings. The number of ether oxygens (including phenoxy) is 1. The molecule has 168 valence electrons. The second kappa shape index (κ2) is 9.46. The molecule has 0 saturated carbocycles. The van der Waals surface area contributed by atoms with Crippen LogP contribution in [0.1, 0.15) is 28.8 Å². The van der Waals surface area contributed by atoms with E-state index in [1.54, 1.807) is 18.2 Å². The first-order valence-electron chi connectivity index (χ1n) is 11.4. The Labute approximate surface area is 192 Å². The molecule has 0 bridgehead atoms. The predicted molar refractivity (Wildman–Crippen MR) is 128 cm³/mol. The van der Waals surface area contributed by atoms with E-state index in [4.69, 9.17) is 9.84 Å². The van der Waals surface area contributed by atoms with Crippen LogP contribution < -0.4 is 4.74 Å². The first-order valence-corrected chi connectivity index (χ1v) is 11.4. The van der Waals surface area contributed by atoms with E-state index >= 15 is 0 Å². The fourth-order valence-corrected chi connectivity index (χ4v) is 4.36. The Morgan fingerprint density at radius 3 is 2.52 bits per heavy atom. The van der Waals surface area contributed by atoms with Gasteiger partial charge in [0.15, 0.2) is 0 Å². The van der Waals surface area contributed by atoms with Gasteiger partial charge in [0.05, 0.1) is 23.2 Å². The van der Waals surface area contributed by atoms with Crippen molar-refractivity contribution in [2.75, 3.05) is 19.7 Å². The number of nitrogens with one attached hydrogen (secondary N) is 1. The molecule has 3 aromatic carbocycles. The smallest absolute Gasteiger partial charge is 0.335 e. The average molecular weight is 442 g/mol. The van der Waals surface area contributed by atoms with E-state index in [1.165, 1.54) is 5.56 Å². The van der Waals surface area contributed by atoms with Crippen molar-refractivity contribution in [1.82, 2.24) is 14.9 Å². The van der Waals surface area contributed by atoms with E-state index in [9.17, 15) is 4.79 Å². The van der Waals surface area contributed by atoms with Crippen LogP contribution in [0.25, 0.3) is 22.4 Å². The summed E-state index contributed by atoms with van der Waals surface area (Å²) in [4.78, 5) is 21.5. The summed E-state index contributed by atoms with van der Waals surface area (Å²) in [5, 5.41) is 9.17. The Morgan fingerprint density at radius 2 is 1.79 bits per heavy atom. The van der Waals surface area contributed by atoms with Crippen molar-refractivity contribution in [3.63, 3.8) is 0 Å². The van der Waals surface area contributed by atoms with Gasteiger partial charge in [-0.05, 0) is 79.9 Å². The molecule has 2 heterocycles. The van der Waals surface area contributed by atoms with Gasteiger partial charge in [-0.15, -0.1) is 0 Å². The lowest BCUT2D eigenvalue weighted by atomic mass is 9.97. The molecule has 1 aliphatic heterocycles. The first-order chi connectivity index (χ1) is 16.1. The third kappa shape index (κ3) is 5.07. The standard InChI is InChI=1S/C27H27N3O3/c31-27(32)22-8-11-24-25(16-22)29-26(28-24)21-6-9-23(10-7-21)33-18-20-12-14-30(15-13-20)17-19-4-2-1-3-5-19/h1-11,16,20H,12-15,17-18H2,(H,28,29)(H,31,32). The van der Waals surface area contributed by atoms with Crippen LogP contribution in [0, 0.1) is 5.92 Å². The molecule has 2 N–H and O–H groups in total. The molecular weight excluding hydrogens is 414 g/mol. The number of H-pyrrole nitrogens is 1. The molecule has 0 spiro atoms. The van der Waals surface area contributed by atoms with Crippen LogP contribution in [0.5, 0.6) is 5.75 Å². The minimum Gasteiger partial charge on any atom is -0.493 e. The number of fused-ring (bicyclic) bond motifs is 1. The van der Waals surface area contributed by atoms with Crippen LogP contribution in [0.3, 0.4) is 0 Å². The third-order valence-electron chi connectivity index (χ3n) is 6.30. The third-order valence-corrected chi connectivity index (χ3v) is 6.30. The second-order valence-electron chi connectivity index (χ2n) is 8.66. The number of aromatic carboxylic acids is 1. The van der Waals surface area contributed by atoms with Gasteiger partial charge in [0.1, 0.15) is 11.6 Å². The molecule has 4 aromatic rings. The Hall–Kier alpha value is -3.64. The number of aromatic amines is 1. The topological polar surface area (TPSA) is 78.5 Å². The Kier molecular flexibility index (Phi) is 6.09. The van der Waals surface area contributed by atoms with Gasteiger partial charge in [-0.2, -0.15) is 0 Å². The van der Waals surface area contributed by atoms with E-state index in [1.807, 2.05) is 24.3 Å². The Morgan fingerprint density at radius 1 is 1.03 bits per heavy atom. The van der Waals surface area contributed by atoms with Crippen molar-refractivity contribution in [3.05, 3.63) is 83.9 Å². The molecule has 33 heavy (non-hydrogen) atoms. The summed E-state index contributed by atoms with van der Waals surface area (Å²) in [6.07, 6.45) is 2.31. The zero-order chi connectivity index (χ0) is 22.6. The number of hydrogen-bond donors (Lipinski definition) is 2. The first kappa shape index (κ1) is 21.2. The molecule has 0 aliphatic carbocycles. The lowest BCUT2D eigenvalue weighted by Gasteiger charge is -2.31. The van der Waals surface area contributed by atoms with Crippen LogP contribution in [-0.4, -0.2) is 45.6 Å². The fourth-order valence-electron chi connectivity index (χ4n) is 4.36. The number of imidazole rings is 1. The number of likely N-dealkylation sites (tertiary alicyclic amines) is 1. The van der Waals surface area contributed by atoms with Gasteiger partial charge < -0.3 is 14.8 Å². The molecule has 6 nitrogen and oxygen atoms in total. The summed E-state index contributed by atoms with van der Waals surface area (Å²) in [5.41, 5.74) is 4.01. The van der Waals surface area contributed by atoms with Gasteiger partial charge in [-0.1, -0.05) is 30.3 Å². The summed E-state index contributed by atoms with van der Waals surface area (Å²) >= 11 is 0. The highest BCUT2D eigenvalue weighted by atomic mass is 16.5. The molecule has 0 unspecified atom stereocenters. The monoisotopic (exact) mass is 441 g/mol. The normalized spacial score (nSPS) is 15.0. The van der Waals surface area contributed by atoms with Gasteiger partial charge in [-0.3, -0.25) is 4.90 Å². The van der Waals surface area contributed by atoms with Crippen molar-refractivity contribution in [2.24, 2.45) is 5.92 Å². The molecule has 0 radical (unpaired) electrons. The summed E-state index contributed by atoms with van der Waals surface area (Å²) in [7, 11) is 0. The highest BCUT2D eigenvalue weighted by Crippen LogP contribution is 2.25.